The third kappa shape index (κ3) is 2.73. The van der Waals surface area contributed by atoms with E-state index in [0.29, 0.717) is 16.4 Å². The first kappa shape index (κ1) is 11.8. The van der Waals surface area contributed by atoms with Crippen LogP contribution in [0.2, 0.25) is 5.02 Å². The minimum Gasteiger partial charge on any atom is -0.337 e. The smallest absolute Gasteiger partial charge is 0.171 e. The fourth-order valence-corrected chi connectivity index (χ4v) is 1.75. The van der Waals surface area contributed by atoms with Crippen LogP contribution in [0.25, 0.3) is 0 Å². The van der Waals surface area contributed by atoms with Crippen molar-refractivity contribution in [2.45, 2.75) is 0 Å². The average molecular weight is 310 g/mol. The second-order valence-corrected chi connectivity index (χ2v) is 4.45. The molecule has 0 unspecified atom stereocenters. The van der Waals surface area contributed by atoms with E-state index in [1.165, 1.54) is 6.20 Å². The molecule has 1 N–H and O–H groups in total. The molecule has 0 saturated carbocycles. The number of rotatable bonds is 2. The Balaban J connectivity index is 2.38. The molecule has 1 heterocycles. The van der Waals surface area contributed by atoms with Gasteiger partial charge in [0.05, 0.1) is 17.4 Å². The average Bonchev–Trinajstić information content (AvgIpc) is 2.34. The fourth-order valence-electron chi connectivity index (χ4n) is 1.24. The number of benzene rings is 1. The molecule has 0 amide bonds. The third-order valence-corrected chi connectivity index (χ3v) is 2.95. The van der Waals surface area contributed by atoms with Gasteiger partial charge in [-0.1, -0.05) is 11.6 Å². The van der Waals surface area contributed by atoms with Crippen molar-refractivity contribution in [1.82, 2.24) is 10.2 Å². The maximum atomic E-state index is 8.92. The van der Waals surface area contributed by atoms with Crippen molar-refractivity contribution >= 4 is 39.0 Å². The third-order valence-electron chi connectivity index (χ3n) is 2.02. The van der Waals surface area contributed by atoms with Crippen LogP contribution in [0.4, 0.5) is 11.5 Å². The highest BCUT2D eigenvalue weighted by Crippen LogP contribution is 2.28. The Morgan fingerprint density at radius 1 is 1.35 bits per heavy atom. The lowest BCUT2D eigenvalue weighted by Crippen LogP contribution is -1.98. The molecule has 0 fully saturated rings. The number of nitrogens with zero attached hydrogens (tertiary/aromatic N) is 3. The first-order valence-electron chi connectivity index (χ1n) is 4.64. The van der Waals surface area contributed by atoms with E-state index in [-0.39, 0.29) is 0 Å². The van der Waals surface area contributed by atoms with E-state index in [0.717, 1.165) is 10.2 Å². The first-order valence-corrected chi connectivity index (χ1v) is 5.81. The largest absolute Gasteiger partial charge is 0.337 e. The fraction of sp³-hybridized carbons (Fsp3) is 0. The summed E-state index contributed by atoms with van der Waals surface area (Å²) in [5, 5.41) is 20.1. The number of nitriles is 1. The van der Waals surface area contributed by atoms with E-state index < -0.39 is 0 Å². The molecule has 0 aliphatic heterocycles. The molecule has 0 radical (unpaired) electrons. The molecule has 0 atom stereocenters. The lowest BCUT2D eigenvalue weighted by molar-refractivity contribution is 1.03. The Kier molecular flexibility index (Phi) is 3.57. The Bertz CT molecular complexity index is 594. The zero-order valence-electron chi connectivity index (χ0n) is 8.48. The van der Waals surface area contributed by atoms with E-state index in [1.54, 1.807) is 18.2 Å². The highest BCUT2D eigenvalue weighted by atomic mass is 79.9. The predicted octanol–water partition coefficient (Wildman–Crippen LogP) is 3.51. The quantitative estimate of drug-likeness (QED) is 0.922. The summed E-state index contributed by atoms with van der Waals surface area (Å²) in [5.74, 6) is 0.401. The summed E-state index contributed by atoms with van der Waals surface area (Å²) >= 11 is 9.28. The van der Waals surface area contributed by atoms with Gasteiger partial charge >= 0.3 is 0 Å². The van der Waals surface area contributed by atoms with Gasteiger partial charge in [0.25, 0.3) is 0 Å². The number of nitrogens with one attached hydrogen (secondary N) is 1. The number of hydrogen-bond acceptors (Lipinski definition) is 4. The molecule has 2 rings (SSSR count). The minimum atomic E-state index is 0.401. The van der Waals surface area contributed by atoms with Gasteiger partial charge in [-0.2, -0.15) is 10.4 Å². The number of halogens is 2. The second kappa shape index (κ2) is 5.13. The topological polar surface area (TPSA) is 61.6 Å². The standard InChI is InChI=1S/C11H6BrClN4/c12-9-2-1-8(13)5-10(9)16-11-7(6-14)3-4-15-17-11/h1-5H,(H,16,17). The van der Waals surface area contributed by atoms with E-state index >= 15 is 0 Å². The molecule has 0 bridgehead atoms. The maximum absolute atomic E-state index is 8.92. The molecule has 1 aromatic heterocycles. The Hall–Kier alpha value is -1.64. The summed E-state index contributed by atoms with van der Waals surface area (Å²) in [6.45, 7) is 0. The zero-order valence-corrected chi connectivity index (χ0v) is 10.8. The van der Waals surface area contributed by atoms with Gasteiger partial charge in [0, 0.05) is 9.50 Å². The van der Waals surface area contributed by atoms with Gasteiger partial charge in [-0.3, -0.25) is 0 Å². The van der Waals surface area contributed by atoms with Crippen LogP contribution in [0.1, 0.15) is 5.56 Å². The Labute approximate surface area is 111 Å². The summed E-state index contributed by atoms with van der Waals surface area (Å²) < 4.78 is 0.830. The lowest BCUT2D eigenvalue weighted by atomic mass is 10.3. The summed E-state index contributed by atoms with van der Waals surface area (Å²) in [6.07, 6.45) is 1.47. The molecule has 6 heteroatoms. The van der Waals surface area contributed by atoms with E-state index in [2.05, 4.69) is 31.4 Å². The lowest BCUT2D eigenvalue weighted by Gasteiger charge is -2.08. The minimum absolute atomic E-state index is 0.401. The Morgan fingerprint density at radius 3 is 2.94 bits per heavy atom. The first-order chi connectivity index (χ1) is 8.20. The molecule has 1 aromatic carbocycles. The molecule has 0 saturated heterocycles. The molecular formula is C11H6BrClN4. The van der Waals surface area contributed by atoms with Crippen molar-refractivity contribution in [2.24, 2.45) is 0 Å². The van der Waals surface area contributed by atoms with Crippen LogP contribution in [0.5, 0.6) is 0 Å². The number of aromatic nitrogens is 2. The molecule has 84 valence electrons. The van der Waals surface area contributed by atoms with Gasteiger partial charge in [-0.05, 0) is 40.2 Å². The summed E-state index contributed by atoms with van der Waals surface area (Å²) in [5.41, 5.74) is 1.15. The summed E-state index contributed by atoms with van der Waals surface area (Å²) in [4.78, 5) is 0. The van der Waals surface area contributed by atoms with Gasteiger partial charge in [-0.25, -0.2) is 0 Å². The van der Waals surface area contributed by atoms with Crippen molar-refractivity contribution in [2.75, 3.05) is 5.32 Å². The molecule has 0 aliphatic rings. The highest BCUT2D eigenvalue weighted by Gasteiger charge is 2.06. The van der Waals surface area contributed by atoms with Crippen molar-refractivity contribution in [3.63, 3.8) is 0 Å². The van der Waals surface area contributed by atoms with Gasteiger partial charge in [0.1, 0.15) is 6.07 Å². The Morgan fingerprint density at radius 2 is 2.18 bits per heavy atom. The van der Waals surface area contributed by atoms with Crippen molar-refractivity contribution in [1.29, 1.82) is 5.26 Å². The second-order valence-electron chi connectivity index (χ2n) is 3.15. The van der Waals surface area contributed by atoms with E-state index in [1.807, 2.05) is 12.1 Å². The van der Waals surface area contributed by atoms with Crippen LogP contribution >= 0.6 is 27.5 Å². The van der Waals surface area contributed by atoms with Crippen LogP contribution in [-0.2, 0) is 0 Å². The zero-order chi connectivity index (χ0) is 12.3. The number of anilines is 2. The van der Waals surface area contributed by atoms with Gasteiger partial charge in [-0.15, -0.1) is 5.10 Å². The predicted molar refractivity (Wildman–Crippen MR) is 69.2 cm³/mol. The molecule has 4 nitrogen and oxygen atoms in total. The molecule has 0 aliphatic carbocycles. The van der Waals surface area contributed by atoms with Crippen LogP contribution in [0, 0.1) is 11.3 Å². The van der Waals surface area contributed by atoms with Crippen LogP contribution < -0.4 is 5.32 Å². The van der Waals surface area contributed by atoms with Crippen molar-refractivity contribution < 1.29 is 0 Å². The van der Waals surface area contributed by atoms with Gasteiger partial charge in [0.2, 0.25) is 0 Å². The molecular weight excluding hydrogens is 304 g/mol. The van der Waals surface area contributed by atoms with Gasteiger partial charge in [0.15, 0.2) is 5.82 Å². The highest BCUT2D eigenvalue weighted by molar-refractivity contribution is 9.10. The van der Waals surface area contributed by atoms with E-state index in [4.69, 9.17) is 16.9 Å². The molecule has 2 aromatic rings. The molecule has 0 spiro atoms. The van der Waals surface area contributed by atoms with Crippen LogP contribution in [0.3, 0.4) is 0 Å². The molecule has 17 heavy (non-hydrogen) atoms. The monoisotopic (exact) mass is 308 g/mol. The summed E-state index contributed by atoms with van der Waals surface area (Å²) in [6, 6.07) is 8.94. The summed E-state index contributed by atoms with van der Waals surface area (Å²) in [7, 11) is 0. The van der Waals surface area contributed by atoms with Crippen molar-refractivity contribution in [3.8, 4) is 6.07 Å². The normalized spacial score (nSPS) is 9.71. The van der Waals surface area contributed by atoms with E-state index in [9.17, 15) is 0 Å². The van der Waals surface area contributed by atoms with Crippen LogP contribution in [0.15, 0.2) is 34.9 Å². The van der Waals surface area contributed by atoms with Crippen LogP contribution in [-0.4, -0.2) is 10.2 Å². The van der Waals surface area contributed by atoms with Crippen molar-refractivity contribution in [3.05, 3.63) is 45.5 Å². The number of hydrogen-bond donors (Lipinski definition) is 1. The SMILES string of the molecule is N#Cc1ccnnc1Nc1cc(Cl)ccc1Br. The van der Waals surface area contributed by atoms with Gasteiger partial charge < -0.3 is 5.32 Å². The maximum Gasteiger partial charge on any atom is 0.171 e.